The van der Waals surface area contributed by atoms with E-state index in [1.165, 1.54) is 30.3 Å². The highest BCUT2D eigenvalue weighted by Gasteiger charge is 2.48. The standard InChI is InChI=1S/C19H14F4O4/c1-2-11-14(26-15-6-4-3-5-13(15)20)8-7-10-9-12(18(24)25)17(19(21,22)23)27-16(10)11/h3-9,17H,2H2,1H3,(H,24,25). The van der Waals surface area contributed by atoms with Crippen molar-refractivity contribution in [2.45, 2.75) is 25.6 Å². The van der Waals surface area contributed by atoms with E-state index < -0.39 is 29.6 Å². The zero-order valence-electron chi connectivity index (χ0n) is 14.0. The molecule has 2 aromatic rings. The maximum absolute atomic E-state index is 13.8. The van der Waals surface area contributed by atoms with E-state index >= 15 is 0 Å². The average molecular weight is 382 g/mol. The Labute approximate surface area is 151 Å². The highest BCUT2D eigenvalue weighted by atomic mass is 19.4. The first-order valence-electron chi connectivity index (χ1n) is 7.99. The minimum Gasteiger partial charge on any atom is -0.478 e. The molecule has 1 N–H and O–H groups in total. The van der Waals surface area contributed by atoms with Gasteiger partial charge in [0.2, 0.25) is 6.10 Å². The van der Waals surface area contributed by atoms with Gasteiger partial charge in [-0.15, -0.1) is 0 Å². The zero-order valence-corrected chi connectivity index (χ0v) is 14.0. The number of ether oxygens (including phenoxy) is 2. The number of hydrogen-bond donors (Lipinski definition) is 1. The molecule has 0 saturated heterocycles. The molecular formula is C19H14F4O4. The van der Waals surface area contributed by atoms with Crippen molar-refractivity contribution in [1.82, 2.24) is 0 Å². The summed E-state index contributed by atoms with van der Waals surface area (Å²) < 4.78 is 64.2. The third-order valence-corrected chi connectivity index (χ3v) is 4.03. The molecule has 2 aromatic carbocycles. The van der Waals surface area contributed by atoms with Crippen LogP contribution in [0.25, 0.3) is 6.08 Å². The first-order chi connectivity index (χ1) is 12.7. The molecule has 3 rings (SSSR count). The van der Waals surface area contributed by atoms with Crippen molar-refractivity contribution < 1.29 is 36.9 Å². The van der Waals surface area contributed by atoms with Crippen LogP contribution in [0.15, 0.2) is 42.0 Å². The van der Waals surface area contributed by atoms with E-state index in [0.29, 0.717) is 0 Å². The Balaban J connectivity index is 2.09. The lowest BCUT2D eigenvalue weighted by Gasteiger charge is -2.29. The van der Waals surface area contributed by atoms with Gasteiger partial charge in [0.25, 0.3) is 0 Å². The molecule has 1 aliphatic heterocycles. The van der Waals surface area contributed by atoms with E-state index in [1.807, 2.05) is 0 Å². The molecule has 0 saturated carbocycles. The number of aliphatic carboxylic acids is 1. The van der Waals surface area contributed by atoms with E-state index in [0.717, 1.165) is 6.08 Å². The number of benzene rings is 2. The Hall–Kier alpha value is -3.03. The fraction of sp³-hybridized carbons (Fsp3) is 0.211. The predicted octanol–water partition coefficient (Wildman–Crippen LogP) is 4.97. The number of halogens is 4. The summed E-state index contributed by atoms with van der Waals surface area (Å²) in [6, 6.07) is 8.43. The molecule has 0 aromatic heterocycles. The van der Waals surface area contributed by atoms with Crippen molar-refractivity contribution in [3.8, 4) is 17.2 Å². The number of carbonyl (C=O) groups is 1. The van der Waals surface area contributed by atoms with E-state index in [9.17, 15) is 22.4 Å². The Morgan fingerprint density at radius 2 is 1.89 bits per heavy atom. The van der Waals surface area contributed by atoms with Crippen LogP contribution in [0.5, 0.6) is 17.2 Å². The SMILES string of the molecule is CCc1c(Oc2ccccc2F)ccc2c1OC(C(F)(F)F)C(C(=O)O)=C2. The van der Waals surface area contributed by atoms with E-state index in [-0.39, 0.29) is 34.8 Å². The molecule has 1 unspecified atom stereocenters. The first kappa shape index (κ1) is 18.8. The maximum Gasteiger partial charge on any atom is 0.430 e. The normalized spacial score (nSPS) is 16.2. The van der Waals surface area contributed by atoms with Gasteiger partial charge in [0, 0.05) is 11.1 Å². The molecule has 0 bridgehead atoms. The molecule has 0 fully saturated rings. The van der Waals surface area contributed by atoms with Crippen LogP contribution in [0, 0.1) is 5.82 Å². The lowest BCUT2D eigenvalue weighted by Crippen LogP contribution is -2.40. The van der Waals surface area contributed by atoms with Crippen LogP contribution < -0.4 is 9.47 Å². The van der Waals surface area contributed by atoms with Gasteiger partial charge in [0.1, 0.15) is 11.5 Å². The van der Waals surface area contributed by atoms with Crippen LogP contribution in [0.1, 0.15) is 18.1 Å². The number of carboxylic acid groups (broad SMARTS) is 1. The summed E-state index contributed by atoms with van der Waals surface area (Å²) in [7, 11) is 0. The molecule has 0 spiro atoms. The zero-order chi connectivity index (χ0) is 19.8. The minimum atomic E-state index is -4.91. The minimum absolute atomic E-state index is 0.0860. The summed E-state index contributed by atoms with van der Waals surface area (Å²) in [5.74, 6) is -2.42. The Morgan fingerprint density at radius 3 is 2.48 bits per heavy atom. The van der Waals surface area contributed by atoms with Crippen molar-refractivity contribution in [1.29, 1.82) is 0 Å². The van der Waals surface area contributed by atoms with Gasteiger partial charge < -0.3 is 14.6 Å². The molecule has 1 heterocycles. The lowest BCUT2D eigenvalue weighted by atomic mass is 9.97. The second kappa shape index (κ2) is 6.94. The predicted molar refractivity (Wildman–Crippen MR) is 88.4 cm³/mol. The average Bonchev–Trinajstić information content (AvgIpc) is 2.61. The summed E-state index contributed by atoms with van der Waals surface area (Å²) in [6.45, 7) is 1.67. The molecule has 0 radical (unpaired) electrons. The van der Waals surface area contributed by atoms with Crippen LogP contribution in [0.2, 0.25) is 0 Å². The van der Waals surface area contributed by atoms with E-state index in [2.05, 4.69) is 0 Å². The Morgan fingerprint density at radius 1 is 1.19 bits per heavy atom. The third-order valence-electron chi connectivity index (χ3n) is 4.03. The molecule has 4 nitrogen and oxygen atoms in total. The number of rotatable bonds is 4. The molecule has 0 amide bonds. The van der Waals surface area contributed by atoms with Gasteiger partial charge in [-0.25, -0.2) is 9.18 Å². The quantitative estimate of drug-likeness (QED) is 0.759. The molecule has 1 aliphatic rings. The van der Waals surface area contributed by atoms with Gasteiger partial charge in [0.05, 0.1) is 5.57 Å². The fourth-order valence-electron chi connectivity index (χ4n) is 2.80. The molecule has 0 aliphatic carbocycles. The van der Waals surface area contributed by atoms with Crippen molar-refractivity contribution >= 4 is 12.0 Å². The monoisotopic (exact) mass is 382 g/mol. The van der Waals surface area contributed by atoms with E-state index in [1.54, 1.807) is 13.0 Å². The second-order valence-corrected chi connectivity index (χ2v) is 5.79. The van der Waals surface area contributed by atoms with Gasteiger partial charge in [0.15, 0.2) is 11.6 Å². The summed E-state index contributed by atoms with van der Waals surface area (Å²) in [6.07, 6.45) is -6.34. The molecular weight excluding hydrogens is 368 g/mol. The van der Waals surface area contributed by atoms with Gasteiger partial charge >= 0.3 is 12.1 Å². The number of para-hydroxylation sites is 1. The van der Waals surface area contributed by atoms with Crippen LogP contribution in [0.4, 0.5) is 17.6 Å². The number of fused-ring (bicyclic) bond motifs is 1. The maximum atomic E-state index is 13.8. The topological polar surface area (TPSA) is 55.8 Å². The summed E-state index contributed by atoms with van der Waals surface area (Å²) in [5, 5.41) is 9.09. The fourth-order valence-corrected chi connectivity index (χ4v) is 2.80. The van der Waals surface area contributed by atoms with Crippen molar-refractivity contribution in [2.75, 3.05) is 0 Å². The van der Waals surface area contributed by atoms with Crippen molar-refractivity contribution in [2.24, 2.45) is 0 Å². The van der Waals surface area contributed by atoms with Crippen LogP contribution in [-0.2, 0) is 11.2 Å². The summed E-state index contributed by atoms with van der Waals surface area (Å²) in [4.78, 5) is 11.2. The van der Waals surface area contributed by atoms with Crippen molar-refractivity contribution in [3.05, 3.63) is 58.9 Å². The van der Waals surface area contributed by atoms with Gasteiger partial charge in [-0.3, -0.25) is 0 Å². The first-order valence-corrected chi connectivity index (χ1v) is 7.99. The molecule has 8 heteroatoms. The third kappa shape index (κ3) is 3.60. The van der Waals surface area contributed by atoms with Crippen LogP contribution in [-0.4, -0.2) is 23.4 Å². The second-order valence-electron chi connectivity index (χ2n) is 5.79. The van der Waals surface area contributed by atoms with Crippen LogP contribution in [0.3, 0.4) is 0 Å². The number of hydrogen-bond acceptors (Lipinski definition) is 3. The Bertz CT molecular complexity index is 918. The summed E-state index contributed by atoms with van der Waals surface area (Å²) >= 11 is 0. The molecule has 142 valence electrons. The highest BCUT2D eigenvalue weighted by Crippen LogP contribution is 2.43. The van der Waals surface area contributed by atoms with E-state index in [4.69, 9.17) is 14.6 Å². The smallest absolute Gasteiger partial charge is 0.430 e. The summed E-state index contributed by atoms with van der Waals surface area (Å²) in [5.41, 5.74) is -0.434. The van der Waals surface area contributed by atoms with Crippen LogP contribution >= 0.6 is 0 Å². The molecule has 1 atom stereocenters. The Kier molecular flexibility index (Phi) is 4.82. The van der Waals surface area contributed by atoms with Gasteiger partial charge in [-0.1, -0.05) is 19.1 Å². The van der Waals surface area contributed by atoms with Crippen molar-refractivity contribution in [3.63, 3.8) is 0 Å². The van der Waals surface area contributed by atoms with Gasteiger partial charge in [-0.2, -0.15) is 13.2 Å². The lowest BCUT2D eigenvalue weighted by molar-refractivity contribution is -0.187. The number of alkyl halides is 3. The number of carboxylic acids is 1. The largest absolute Gasteiger partial charge is 0.478 e. The highest BCUT2D eigenvalue weighted by molar-refractivity contribution is 5.95. The molecule has 27 heavy (non-hydrogen) atoms. The van der Waals surface area contributed by atoms with Gasteiger partial charge in [-0.05, 0) is 36.8 Å².